The first kappa shape index (κ1) is 11.7. The molecule has 0 amide bonds. The van der Waals surface area contributed by atoms with Crippen LogP contribution in [0.4, 0.5) is 10.1 Å². The van der Waals surface area contributed by atoms with Gasteiger partial charge in [0.05, 0.1) is 0 Å². The van der Waals surface area contributed by atoms with E-state index in [0.717, 1.165) is 34.9 Å². The third-order valence-corrected chi connectivity index (χ3v) is 5.96. The molecule has 3 saturated carbocycles. The van der Waals surface area contributed by atoms with Crippen LogP contribution in [0.3, 0.4) is 0 Å². The number of halogens is 1. The van der Waals surface area contributed by atoms with Gasteiger partial charge >= 0.3 is 0 Å². The van der Waals surface area contributed by atoms with Crippen molar-refractivity contribution in [1.29, 1.82) is 0 Å². The van der Waals surface area contributed by atoms with Gasteiger partial charge in [0.15, 0.2) is 0 Å². The van der Waals surface area contributed by atoms with Gasteiger partial charge in [0, 0.05) is 11.7 Å². The van der Waals surface area contributed by atoms with Crippen molar-refractivity contribution < 1.29 is 4.39 Å². The summed E-state index contributed by atoms with van der Waals surface area (Å²) in [5.74, 6) is 3.74. The summed E-state index contributed by atoms with van der Waals surface area (Å²) >= 11 is 0. The molecule has 3 aliphatic carbocycles. The number of rotatable bonds is 2. The molecule has 5 unspecified atom stereocenters. The molecule has 1 aromatic carbocycles. The third-order valence-electron chi connectivity index (χ3n) is 5.96. The van der Waals surface area contributed by atoms with Gasteiger partial charge in [0.25, 0.3) is 0 Å². The summed E-state index contributed by atoms with van der Waals surface area (Å²) in [5, 5.41) is 3.71. The van der Waals surface area contributed by atoms with E-state index >= 15 is 0 Å². The lowest BCUT2D eigenvalue weighted by Gasteiger charge is -2.33. The first-order valence-corrected chi connectivity index (χ1v) is 7.75. The number of anilines is 1. The van der Waals surface area contributed by atoms with Crippen molar-refractivity contribution in [1.82, 2.24) is 0 Å². The molecule has 0 heterocycles. The minimum Gasteiger partial charge on any atom is -0.382 e. The zero-order valence-corrected chi connectivity index (χ0v) is 11.5. The van der Waals surface area contributed by atoms with E-state index in [1.807, 2.05) is 13.0 Å². The lowest BCUT2D eigenvalue weighted by molar-refractivity contribution is 0.243. The molecule has 1 aromatic rings. The molecule has 3 fully saturated rings. The van der Waals surface area contributed by atoms with Crippen LogP contribution in [0.1, 0.15) is 37.7 Å². The van der Waals surface area contributed by atoms with Crippen molar-refractivity contribution in [3.05, 3.63) is 29.6 Å². The van der Waals surface area contributed by atoms with Gasteiger partial charge in [-0.2, -0.15) is 0 Å². The number of fused-ring (bicyclic) bond motifs is 5. The Bertz CT molecular complexity index is 498. The minimum atomic E-state index is -0.133. The fourth-order valence-electron chi connectivity index (χ4n) is 5.22. The maximum atomic E-state index is 13.2. The van der Waals surface area contributed by atoms with E-state index in [4.69, 9.17) is 0 Å². The number of benzene rings is 1. The number of aryl methyl sites for hydroxylation is 1. The molecule has 0 aromatic heterocycles. The lowest BCUT2D eigenvalue weighted by atomic mass is 9.79. The summed E-state index contributed by atoms with van der Waals surface area (Å²) in [4.78, 5) is 0. The Morgan fingerprint density at radius 2 is 1.95 bits per heavy atom. The Morgan fingerprint density at radius 3 is 2.79 bits per heavy atom. The van der Waals surface area contributed by atoms with E-state index in [-0.39, 0.29) is 5.82 Å². The molecule has 1 nitrogen and oxygen atoms in total. The maximum absolute atomic E-state index is 13.2. The normalized spacial score (nSPS) is 39.6. The smallest absolute Gasteiger partial charge is 0.123 e. The van der Waals surface area contributed by atoms with Gasteiger partial charge in [-0.3, -0.25) is 0 Å². The van der Waals surface area contributed by atoms with Crippen molar-refractivity contribution in [2.75, 3.05) is 5.32 Å². The molecule has 2 bridgehead atoms. The Kier molecular flexibility index (Phi) is 2.61. The molecule has 0 radical (unpaired) electrons. The van der Waals surface area contributed by atoms with Gasteiger partial charge in [-0.15, -0.1) is 0 Å². The second-order valence-electron chi connectivity index (χ2n) is 6.86. The number of nitrogens with one attached hydrogen (secondary N) is 1. The van der Waals surface area contributed by atoms with Crippen LogP contribution in [-0.2, 0) is 0 Å². The molecule has 19 heavy (non-hydrogen) atoms. The molecule has 102 valence electrons. The fraction of sp³-hybridized carbons (Fsp3) is 0.647. The SMILES string of the molecule is Cc1cc(F)ccc1NC1CC2CC1C1CCCC21. The van der Waals surface area contributed by atoms with E-state index in [2.05, 4.69) is 5.32 Å². The van der Waals surface area contributed by atoms with Gasteiger partial charge in [-0.25, -0.2) is 4.39 Å². The number of hydrogen-bond acceptors (Lipinski definition) is 1. The summed E-state index contributed by atoms with van der Waals surface area (Å²) in [6.45, 7) is 2.00. The van der Waals surface area contributed by atoms with E-state index in [1.165, 1.54) is 32.1 Å². The maximum Gasteiger partial charge on any atom is 0.123 e. The highest BCUT2D eigenvalue weighted by Gasteiger charge is 2.53. The minimum absolute atomic E-state index is 0.133. The average Bonchev–Trinajstić information content (AvgIpc) is 3.04. The molecule has 4 rings (SSSR count). The van der Waals surface area contributed by atoms with Crippen molar-refractivity contribution >= 4 is 5.69 Å². The zero-order chi connectivity index (χ0) is 13.0. The average molecular weight is 259 g/mol. The predicted molar refractivity (Wildman–Crippen MR) is 75.6 cm³/mol. The second kappa shape index (κ2) is 4.22. The quantitative estimate of drug-likeness (QED) is 0.831. The van der Waals surface area contributed by atoms with Crippen molar-refractivity contribution in [3.63, 3.8) is 0 Å². The first-order chi connectivity index (χ1) is 9.22. The van der Waals surface area contributed by atoms with E-state index in [0.29, 0.717) is 6.04 Å². The largest absolute Gasteiger partial charge is 0.382 e. The van der Waals surface area contributed by atoms with Crippen LogP contribution < -0.4 is 5.32 Å². The van der Waals surface area contributed by atoms with E-state index < -0.39 is 0 Å². The van der Waals surface area contributed by atoms with Crippen LogP contribution in [0.15, 0.2) is 18.2 Å². The predicted octanol–water partition coefficient (Wildman–Crippen LogP) is 4.37. The summed E-state index contributed by atoms with van der Waals surface area (Å²) in [6, 6.07) is 5.74. The Morgan fingerprint density at radius 1 is 1.11 bits per heavy atom. The van der Waals surface area contributed by atoms with Crippen LogP contribution in [0, 0.1) is 36.4 Å². The fourth-order valence-corrected chi connectivity index (χ4v) is 5.22. The Balaban J connectivity index is 1.52. The molecular formula is C17H22FN. The molecule has 0 saturated heterocycles. The summed E-state index contributed by atoms with van der Waals surface area (Å²) in [5.41, 5.74) is 2.17. The van der Waals surface area contributed by atoms with Gasteiger partial charge < -0.3 is 5.32 Å². The van der Waals surface area contributed by atoms with Crippen LogP contribution in [0.2, 0.25) is 0 Å². The van der Waals surface area contributed by atoms with Crippen molar-refractivity contribution in [2.24, 2.45) is 23.7 Å². The first-order valence-electron chi connectivity index (χ1n) is 7.75. The third kappa shape index (κ3) is 1.79. The van der Waals surface area contributed by atoms with Crippen LogP contribution in [0.25, 0.3) is 0 Å². The van der Waals surface area contributed by atoms with Crippen molar-refractivity contribution in [3.8, 4) is 0 Å². The monoisotopic (exact) mass is 259 g/mol. The van der Waals surface area contributed by atoms with Crippen molar-refractivity contribution in [2.45, 2.75) is 45.1 Å². The summed E-state index contributed by atoms with van der Waals surface area (Å²) < 4.78 is 13.2. The zero-order valence-electron chi connectivity index (χ0n) is 11.5. The van der Waals surface area contributed by atoms with Crippen LogP contribution in [0.5, 0.6) is 0 Å². The summed E-state index contributed by atoms with van der Waals surface area (Å²) in [7, 11) is 0. The van der Waals surface area contributed by atoms with Crippen LogP contribution in [-0.4, -0.2) is 6.04 Å². The summed E-state index contributed by atoms with van der Waals surface area (Å²) in [6.07, 6.45) is 7.15. The van der Waals surface area contributed by atoms with Crippen LogP contribution >= 0.6 is 0 Å². The highest BCUT2D eigenvalue weighted by Crippen LogP contribution is 2.59. The van der Waals surface area contributed by atoms with E-state index in [1.54, 1.807) is 12.1 Å². The molecular weight excluding hydrogens is 237 g/mol. The molecule has 1 N–H and O–H groups in total. The molecule has 2 heteroatoms. The Hall–Kier alpha value is -1.05. The Labute approximate surface area is 114 Å². The van der Waals surface area contributed by atoms with Gasteiger partial charge in [-0.1, -0.05) is 6.42 Å². The van der Waals surface area contributed by atoms with Gasteiger partial charge in [0.1, 0.15) is 5.82 Å². The van der Waals surface area contributed by atoms with E-state index in [9.17, 15) is 4.39 Å². The highest BCUT2D eigenvalue weighted by molar-refractivity contribution is 5.51. The molecule has 0 aliphatic heterocycles. The second-order valence-corrected chi connectivity index (χ2v) is 6.86. The topological polar surface area (TPSA) is 12.0 Å². The molecule has 5 atom stereocenters. The highest BCUT2D eigenvalue weighted by atomic mass is 19.1. The molecule has 3 aliphatic rings. The van der Waals surface area contributed by atoms with Gasteiger partial charge in [0.2, 0.25) is 0 Å². The van der Waals surface area contributed by atoms with Gasteiger partial charge in [-0.05, 0) is 80.0 Å². The number of hydrogen-bond donors (Lipinski definition) is 1. The molecule has 0 spiro atoms. The lowest BCUT2D eigenvalue weighted by Crippen LogP contribution is -2.34. The standard InChI is InChI=1S/C17H22FN/c1-10-7-12(18)5-6-16(10)19-17-9-11-8-15(17)14-4-2-3-13(11)14/h5-7,11,13-15,17,19H,2-4,8-9H2,1H3.